The zero-order valence-corrected chi connectivity index (χ0v) is 24.2. The third-order valence-corrected chi connectivity index (χ3v) is 11.0. The summed E-state index contributed by atoms with van der Waals surface area (Å²) < 4.78 is 40.5. The Morgan fingerprint density at radius 1 is 1.20 bits per heavy atom. The number of hydrogen-bond acceptors (Lipinski definition) is 5. The molecule has 2 saturated carbocycles. The van der Waals surface area contributed by atoms with Gasteiger partial charge in [-0.05, 0) is 92.5 Å². The van der Waals surface area contributed by atoms with Gasteiger partial charge < -0.3 is 20.3 Å². The minimum Gasteiger partial charge on any atom is -0.392 e. The van der Waals surface area contributed by atoms with Crippen LogP contribution in [-0.4, -0.2) is 47.5 Å². The van der Waals surface area contributed by atoms with Gasteiger partial charge in [-0.3, -0.25) is 0 Å². The maximum atomic E-state index is 15.1. The summed E-state index contributed by atoms with van der Waals surface area (Å²) in [4.78, 5) is 17.4. The highest BCUT2D eigenvalue weighted by Crippen LogP contribution is 2.54. The minimum absolute atomic E-state index is 0.0233. The summed E-state index contributed by atoms with van der Waals surface area (Å²) >= 11 is 0. The van der Waals surface area contributed by atoms with Crippen LogP contribution in [0.5, 0.6) is 0 Å². The average molecular weight is 581 g/mol. The van der Waals surface area contributed by atoms with E-state index in [9.17, 15) is 18.3 Å². The number of nitrogens with zero attached hydrogens (tertiary/aromatic N) is 2. The number of carbonyl (C=O) groups is 1. The van der Waals surface area contributed by atoms with Crippen molar-refractivity contribution in [3.05, 3.63) is 66.4 Å². The van der Waals surface area contributed by atoms with Crippen molar-refractivity contribution in [1.29, 1.82) is 0 Å². The van der Waals surface area contributed by atoms with Gasteiger partial charge in [0.05, 0.1) is 35.3 Å². The molecule has 3 aromatic rings. The first-order valence-corrected chi connectivity index (χ1v) is 16.3. The number of urea groups is 1. The van der Waals surface area contributed by atoms with Crippen LogP contribution in [0.15, 0.2) is 59.9 Å². The summed E-state index contributed by atoms with van der Waals surface area (Å²) in [5, 5.41) is 17.9. The maximum Gasteiger partial charge on any atom is 0.319 e. The van der Waals surface area contributed by atoms with Crippen molar-refractivity contribution in [3.8, 4) is 11.3 Å². The number of benzene rings is 2. The lowest BCUT2D eigenvalue weighted by Gasteiger charge is -2.52. The number of carbonyl (C=O) groups excluding carboxylic acids is 1. The average Bonchev–Trinajstić information content (AvgIpc) is 3.53. The fraction of sp³-hybridized carbons (Fsp3) is 0.484. The molecule has 2 aliphatic carbocycles. The van der Waals surface area contributed by atoms with E-state index in [0.717, 1.165) is 56.0 Å². The zero-order chi connectivity index (χ0) is 28.9. The predicted octanol–water partition coefficient (Wildman–Crippen LogP) is 5.54. The summed E-state index contributed by atoms with van der Waals surface area (Å²) in [6.07, 6.45) is 9.81. The van der Waals surface area contributed by atoms with Crippen molar-refractivity contribution in [2.24, 2.45) is 17.3 Å². The number of halogens is 1. The topological polar surface area (TPSA) is 113 Å². The molecule has 2 aromatic carbocycles. The van der Waals surface area contributed by atoms with Crippen LogP contribution >= 0.6 is 0 Å². The van der Waals surface area contributed by atoms with E-state index in [1.165, 1.54) is 18.2 Å². The molecule has 0 saturated heterocycles. The monoisotopic (exact) mass is 580 g/mol. The quantitative estimate of drug-likeness (QED) is 0.340. The van der Waals surface area contributed by atoms with Crippen LogP contribution in [0.1, 0.15) is 63.5 Å². The molecule has 6 atom stereocenters. The first kappa shape index (κ1) is 27.9. The Hall–Kier alpha value is -3.24. The van der Waals surface area contributed by atoms with Gasteiger partial charge in [0, 0.05) is 29.1 Å². The molecule has 1 aromatic heterocycles. The number of amides is 2. The largest absolute Gasteiger partial charge is 0.392 e. The SMILES string of the molecule is CCC1(C(O)CC2c3c(F)cccc3-c3cncn32)CC2CCC(NC(=O)Nc3ccc(S(C)(=O)=O)cc3)C(C2)C1. The van der Waals surface area contributed by atoms with E-state index in [4.69, 9.17) is 0 Å². The first-order chi connectivity index (χ1) is 19.6. The number of anilines is 1. The third-order valence-electron chi connectivity index (χ3n) is 9.83. The third kappa shape index (κ3) is 5.16. The van der Waals surface area contributed by atoms with Crippen LogP contribution in [-0.2, 0) is 9.84 Å². The van der Waals surface area contributed by atoms with E-state index in [0.29, 0.717) is 23.6 Å². The van der Waals surface area contributed by atoms with E-state index in [1.54, 1.807) is 30.7 Å². The smallest absolute Gasteiger partial charge is 0.319 e. The van der Waals surface area contributed by atoms with Gasteiger partial charge in [0.2, 0.25) is 0 Å². The number of aromatic nitrogens is 2. The van der Waals surface area contributed by atoms with Crippen molar-refractivity contribution in [3.63, 3.8) is 0 Å². The van der Waals surface area contributed by atoms with Crippen molar-refractivity contribution in [2.75, 3.05) is 11.6 Å². The van der Waals surface area contributed by atoms with Crippen LogP contribution in [0.2, 0.25) is 0 Å². The number of fused-ring (bicyclic) bond motifs is 5. The summed E-state index contributed by atoms with van der Waals surface area (Å²) in [6, 6.07) is 10.6. The summed E-state index contributed by atoms with van der Waals surface area (Å²) in [5.74, 6) is 0.451. The van der Waals surface area contributed by atoms with Crippen LogP contribution < -0.4 is 10.6 Å². The molecule has 41 heavy (non-hydrogen) atoms. The Morgan fingerprint density at radius 2 is 1.98 bits per heavy atom. The molecular weight excluding hydrogens is 543 g/mol. The lowest BCUT2D eigenvalue weighted by Crippen LogP contribution is -2.52. The van der Waals surface area contributed by atoms with Crippen molar-refractivity contribution in [2.45, 2.75) is 75.0 Å². The standard InChI is InChI=1S/C31H37FN4O4S/c1-3-31(28(37)14-26-29-23(5-4-6-24(29)32)27-17-33-18-36(26)27)15-19-7-12-25(20(13-19)16-31)35-30(38)34-21-8-10-22(11-9-21)41(2,39)40/h4-6,8-11,17-20,25-26,28,37H,3,7,12-16H2,1-2H3,(H2,34,35,38). The fourth-order valence-electron chi connectivity index (χ4n) is 7.75. The van der Waals surface area contributed by atoms with Gasteiger partial charge in [0.1, 0.15) is 5.82 Å². The molecule has 10 heteroatoms. The summed E-state index contributed by atoms with van der Waals surface area (Å²) in [6.45, 7) is 2.13. The number of aliphatic hydroxyl groups excluding tert-OH is 1. The van der Waals surface area contributed by atoms with Gasteiger partial charge in [-0.1, -0.05) is 19.1 Å². The molecule has 8 nitrogen and oxygen atoms in total. The van der Waals surface area contributed by atoms with Gasteiger partial charge >= 0.3 is 6.03 Å². The van der Waals surface area contributed by atoms with Crippen LogP contribution in [0, 0.1) is 23.1 Å². The van der Waals surface area contributed by atoms with Gasteiger partial charge in [-0.15, -0.1) is 0 Å². The Balaban J connectivity index is 1.16. The van der Waals surface area contributed by atoms with Crippen molar-refractivity contribution >= 4 is 21.6 Å². The summed E-state index contributed by atoms with van der Waals surface area (Å²) in [5.41, 5.74) is 2.55. The number of nitrogens with one attached hydrogen (secondary N) is 2. The molecule has 2 heterocycles. The Kier molecular flexibility index (Phi) is 7.18. The second kappa shape index (κ2) is 10.5. The molecule has 0 spiro atoms. The van der Waals surface area contributed by atoms with Gasteiger partial charge in [0.25, 0.3) is 0 Å². The second-order valence-electron chi connectivity index (χ2n) is 12.2. The Bertz CT molecular complexity index is 1560. The number of hydrogen-bond donors (Lipinski definition) is 3. The van der Waals surface area contributed by atoms with Crippen molar-refractivity contribution in [1.82, 2.24) is 14.9 Å². The highest BCUT2D eigenvalue weighted by atomic mass is 32.2. The van der Waals surface area contributed by atoms with E-state index in [-0.39, 0.29) is 40.2 Å². The van der Waals surface area contributed by atoms with Crippen LogP contribution in [0.4, 0.5) is 14.9 Å². The predicted molar refractivity (Wildman–Crippen MR) is 155 cm³/mol. The lowest BCUT2D eigenvalue weighted by molar-refractivity contribution is -0.0663. The van der Waals surface area contributed by atoms with Crippen LogP contribution in [0.25, 0.3) is 11.3 Å². The van der Waals surface area contributed by atoms with E-state index in [1.807, 2.05) is 10.6 Å². The maximum absolute atomic E-state index is 15.1. The molecule has 2 bridgehead atoms. The number of aliphatic hydroxyl groups is 1. The summed E-state index contributed by atoms with van der Waals surface area (Å²) in [7, 11) is -3.31. The Morgan fingerprint density at radius 3 is 2.71 bits per heavy atom. The zero-order valence-electron chi connectivity index (χ0n) is 23.4. The Labute approximate surface area is 240 Å². The highest BCUT2D eigenvalue weighted by Gasteiger charge is 2.49. The molecular formula is C31H37FN4O4S. The molecule has 2 amide bonds. The second-order valence-corrected chi connectivity index (χ2v) is 14.2. The van der Waals surface area contributed by atoms with Gasteiger partial charge in [-0.25, -0.2) is 22.6 Å². The molecule has 6 rings (SSSR count). The van der Waals surface area contributed by atoms with Gasteiger partial charge in [0.15, 0.2) is 9.84 Å². The molecule has 1 aliphatic heterocycles. The van der Waals surface area contributed by atoms with E-state index >= 15 is 4.39 Å². The molecule has 0 radical (unpaired) electrons. The molecule has 6 unspecified atom stereocenters. The number of rotatable bonds is 7. The first-order valence-electron chi connectivity index (χ1n) is 14.4. The minimum atomic E-state index is -3.31. The fourth-order valence-corrected chi connectivity index (χ4v) is 8.38. The molecule has 218 valence electrons. The van der Waals surface area contributed by atoms with Crippen LogP contribution in [0.3, 0.4) is 0 Å². The van der Waals surface area contributed by atoms with E-state index < -0.39 is 15.9 Å². The normalized spacial score (nSPS) is 27.5. The lowest BCUT2D eigenvalue weighted by atomic mass is 9.56. The van der Waals surface area contributed by atoms with E-state index in [2.05, 4.69) is 22.5 Å². The number of sulfone groups is 1. The highest BCUT2D eigenvalue weighted by molar-refractivity contribution is 7.90. The number of imidazole rings is 1. The van der Waals surface area contributed by atoms with Crippen molar-refractivity contribution < 1.29 is 22.7 Å². The molecule has 3 N–H and O–H groups in total. The van der Waals surface area contributed by atoms with Gasteiger partial charge in [-0.2, -0.15) is 0 Å². The molecule has 3 aliphatic rings. The molecule has 2 fully saturated rings.